The fourth-order valence-electron chi connectivity index (χ4n) is 2.85. The molecule has 0 radical (unpaired) electrons. The van der Waals surface area contributed by atoms with Gasteiger partial charge in [0.1, 0.15) is 6.10 Å². The summed E-state index contributed by atoms with van der Waals surface area (Å²) in [6.07, 6.45) is 8.76. The van der Waals surface area contributed by atoms with Gasteiger partial charge in [0.05, 0.1) is 0 Å². The van der Waals surface area contributed by atoms with E-state index in [-0.39, 0.29) is 6.10 Å². The summed E-state index contributed by atoms with van der Waals surface area (Å²) < 4.78 is 11.2. The van der Waals surface area contributed by atoms with Gasteiger partial charge in [0.15, 0.2) is 0 Å². The van der Waals surface area contributed by atoms with Crippen LogP contribution in [0.15, 0.2) is 4.52 Å². The summed E-state index contributed by atoms with van der Waals surface area (Å²) in [6.45, 7) is 2.72. The standard InChI is InChI=1S/C14H23N3O2/c1-2-18-12(10-6-4-3-5-7-10)13-16-14(19-17-13)15-11-8-9-11/h10-12H,2-9H2,1H3,(H,15,16,17). The molecule has 1 aromatic rings. The van der Waals surface area contributed by atoms with Gasteiger partial charge in [0, 0.05) is 12.6 Å². The first-order chi connectivity index (χ1) is 9.36. The van der Waals surface area contributed by atoms with Crippen LogP contribution < -0.4 is 5.32 Å². The molecular formula is C14H23N3O2. The van der Waals surface area contributed by atoms with E-state index in [1.807, 2.05) is 6.92 Å². The molecule has 3 rings (SSSR count). The van der Waals surface area contributed by atoms with Crippen LogP contribution in [0.4, 0.5) is 6.01 Å². The highest BCUT2D eigenvalue weighted by Gasteiger charge is 2.30. The highest BCUT2D eigenvalue weighted by molar-refractivity contribution is 5.23. The van der Waals surface area contributed by atoms with Gasteiger partial charge in [-0.25, -0.2) is 0 Å². The van der Waals surface area contributed by atoms with Crippen molar-refractivity contribution in [2.45, 2.75) is 64.0 Å². The first kappa shape index (κ1) is 12.9. The molecule has 5 heteroatoms. The third-order valence-electron chi connectivity index (χ3n) is 4.03. The van der Waals surface area contributed by atoms with Gasteiger partial charge in [-0.1, -0.05) is 24.4 Å². The summed E-state index contributed by atoms with van der Waals surface area (Å²) in [4.78, 5) is 4.47. The molecule has 0 bridgehead atoms. The Morgan fingerprint density at radius 3 is 2.74 bits per heavy atom. The molecule has 5 nitrogen and oxygen atoms in total. The largest absolute Gasteiger partial charge is 0.370 e. The Balaban J connectivity index is 1.68. The smallest absolute Gasteiger partial charge is 0.321 e. The van der Waals surface area contributed by atoms with Crippen molar-refractivity contribution in [2.75, 3.05) is 11.9 Å². The zero-order valence-electron chi connectivity index (χ0n) is 11.6. The number of nitrogens with zero attached hydrogens (tertiary/aromatic N) is 2. The van der Waals surface area contributed by atoms with E-state index < -0.39 is 0 Å². The lowest BCUT2D eigenvalue weighted by Gasteiger charge is -2.27. The maximum absolute atomic E-state index is 5.89. The van der Waals surface area contributed by atoms with Crippen LogP contribution >= 0.6 is 0 Å². The Hall–Kier alpha value is -1.10. The van der Waals surface area contributed by atoms with E-state index in [2.05, 4.69) is 15.5 Å². The van der Waals surface area contributed by atoms with Crippen molar-refractivity contribution in [3.05, 3.63) is 5.82 Å². The lowest BCUT2D eigenvalue weighted by molar-refractivity contribution is -0.00145. The third kappa shape index (κ3) is 3.26. The highest BCUT2D eigenvalue weighted by atomic mass is 16.5. The molecule has 1 unspecified atom stereocenters. The predicted octanol–water partition coefficient (Wildman–Crippen LogP) is 3.30. The Kier molecular flexibility index (Phi) is 4.01. The molecule has 0 amide bonds. The molecule has 2 aliphatic rings. The summed E-state index contributed by atoms with van der Waals surface area (Å²) in [6, 6.07) is 1.09. The van der Waals surface area contributed by atoms with Gasteiger partial charge < -0.3 is 14.6 Å². The van der Waals surface area contributed by atoms with Crippen molar-refractivity contribution >= 4 is 6.01 Å². The molecule has 2 fully saturated rings. The lowest BCUT2D eigenvalue weighted by Crippen LogP contribution is -2.20. The molecule has 2 aliphatic carbocycles. The summed E-state index contributed by atoms with van der Waals surface area (Å²) in [5.41, 5.74) is 0. The zero-order chi connectivity index (χ0) is 13.1. The van der Waals surface area contributed by atoms with Gasteiger partial charge in [0.2, 0.25) is 5.82 Å². The Bertz CT molecular complexity index is 397. The number of aromatic nitrogens is 2. The predicted molar refractivity (Wildman–Crippen MR) is 71.9 cm³/mol. The van der Waals surface area contributed by atoms with Crippen LogP contribution in [-0.2, 0) is 4.74 Å². The zero-order valence-corrected chi connectivity index (χ0v) is 11.6. The van der Waals surface area contributed by atoms with Crippen LogP contribution in [0.25, 0.3) is 0 Å². The first-order valence-corrected chi connectivity index (χ1v) is 7.58. The van der Waals surface area contributed by atoms with Crippen LogP contribution in [0, 0.1) is 5.92 Å². The summed E-state index contributed by atoms with van der Waals surface area (Å²) in [7, 11) is 0. The van der Waals surface area contributed by atoms with E-state index in [1.165, 1.54) is 44.9 Å². The lowest BCUT2D eigenvalue weighted by atomic mass is 9.85. The summed E-state index contributed by atoms with van der Waals surface area (Å²) in [5.74, 6) is 1.26. The van der Waals surface area contributed by atoms with Crippen molar-refractivity contribution in [1.82, 2.24) is 10.1 Å². The monoisotopic (exact) mass is 265 g/mol. The number of ether oxygens (including phenoxy) is 1. The van der Waals surface area contributed by atoms with Gasteiger partial charge in [-0.05, 0) is 38.5 Å². The molecule has 0 aliphatic heterocycles. The maximum Gasteiger partial charge on any atom is 0.321 e. The van der Waals surface area contributed by atoms with Crippen LogP contribution in [0.5, 0.6) is 0 Å². The molecule has 1 atom stereocenters. The van der Waals surface area contributed by atoms with E-state index in [0.717, 1.165) is 5.82 Å². The molecule has 1 N–H and O–H groups in total. The molecule has 2 saturated carbocycles. The summed E-state index contributed by atoms with van der Waals surface area (Å²) >= 11 is 0. The van der Waals surface area contributed by atoms with Gasteiger partial charge in [-0.3, -0.25) is 0 Å². The van der Waals surface area contributed by atoms with Crippen molar-refractivity contribution in [3.63, 3.8) is 0 Å². The van der Waals surface area contributed by atoms with E-state index in [9.17, 15) is 0 Å². The second-order valence-electron chi connectivity index (χ2n) is 5.65. The fraction of sp³-hybridized carbons (Fsp3) is 0.857. The van der Waals surface area contributed by atoms with E-state index in [4.69, 9.17) is 9.26 Å². The Labute approximate surface area is 114 Å². The number of hydrogen-bond acceptors (Lipinski definition) is 5. The minimum atomic E-state index is 0.00352. The summed E-state index contributed by atoms with van der Waals surface area (Å²) in [5, 5.41) is 7.36. The fourth-order valence-corrected chi connectivity index (χ4v) is 2.85. The molecule has 0 spiro atoms. The highest BCUT2D eigenvalue weighted by Crippen LogP contribution is 2.36. The molecule has 106 valence electrons. The molecule has 1 heterocycles. The number of nitrogens with one attached hydrogen (secondary N) is 1. The van der Waals surface area contributed by atoms with E-state index in [1.54, 1.807) is 0 Å². The quantitative estimate of drug-likeness (QED) is 0.855. The molecule has 19 heavy (non-hydrogen) atoms. The maximum atomic E-state index is 5.89. The van der Waals surface area contributed by atoms with E-state index in [0.29, 0.717) is 24.6 Å². The van der Waals surface area contributed by atoms with Crippen molar-refractivity contribution in [1.29, 1.82) is 0 Å². The number of hydrogen-bond donors (Lipinski definition) is 1. The molecule has 1 aromatic heterocycles. The van der Waals surface area contributed by atoms with Gasteiger partial charge in [0.25, 0.3) is 0 Å². The van der Waals surface area contributed by atoms with Crippen LogP contribution in [0.3, 0.4) is 0 Å². The SMILES string of the molecule is CCOC(c1noc(NC2CC2)n1)C1CCCCC1. The van der Waals surface area contributed by atoms with Gasteiger partial charge in [-0.15, -0.1) is 0 Å². The average molecular weight is 265 g/mol. The third-order valence-corrected chi connectivity index (χ3v) is 4.03. The first-order valence-electron chi connectivity index (χ1n) is 7.58. The Morgan fingerprint density at radius 2 is 2.05 bits per heavy atom. The second kappa shape index (κ2) is 5.90. The van der Waals surface area contributed by atoms with Crippen molar-refractivity contribution in [2.24, 2.45) is 5.92 Å². The number of rotatable bonds is 6. The molecule has 0 saturated heterocycles. The van der Waals surface area contributed by atoms with E-state index >= 15 is 0 Å². The Morgan fingerprint density at radius 1 is 1.26 bits per heavy atom. The van der Waals surface area contributed by atoms with Crippen LogP contribution in [-0.4, -0.2) is 22.8 Å². The normalized spacial score (nSPS) is 22.4. The molecule has 0 aromatic carbocycles. The van der Waals surface area contributed by atoms with Crippen molar-refractivity contribution in [3.8, 4) is 0 Å². The average Bonchev–Trinajstić information content (AvgIpc) is 3.14. The van der Waals surface area contributed by atoms with Crippen LogP contribution in [0.2, 0.25) is 0 Å². The second-order valence-corrected chi connectivity index (χ2v) is 5.65. The topological polar surface area (TPSA) is 60.2 Å². The van der Waals surface area contributed by atoms with Gasteiger partial charge in [-0.2, -0.15) is 4.98 Å². The minimum Gasteiger partial charge on any atom is -0.370 e. The van der Waals surface area contributed by atoms with Gasteiger partial charge >= 0.3 is 6.01 Å². The van der Waals surface area contributed by atoms with Crippen LogP contribution in [0.1, 0.15) is 63.8 Å². The van der Waals surface area contributed by atoms with Crippen molar-refractivity contribution < 1.29 is 9.26 Å². The molecular weight excluding hydrogens is 242 g/mol. The number of anilines is 1. The minimum absolute atomic E-state index is 0.00352.